The summed E-state index contributed by atoms with van der Waals surface area (Å²) in [5, 5.41) is 8.70. The summed E-state index contributed by atoms with van der Waals surface area (Å²) in [5.41, 5.74) is 0. The number of sulfonamides is 1. The maximum atomic E-state index is 11.6. The highest BCUT2D eigenvalue weighted by Crippen LogP contribution is 2.20. The first kappa shape index (κ1) is 12.2. The minimum absolute atomic E-state index is 0.115. The molecule has 1 heterocycles. The second kappa shape index (κ2) is 5.30. The van der Waals surface area contributed by atoms with Crippen LogP contribution in [0, 0.1) is 0 Å². The normalized spacial score (nSPS) is 26.0. The summed E-state index contributed by atoms with van der Waals surface area (Å²) in [6.07, 6.45) is 3.57. The molecule has 14 heavy (non-hydrogen) atoms. The third-order valence-corrected chi connectivity index (χ3v) is 4.83. The van der Waals surface area contributed by atoms with Gasteiger partial charge in [-0.25, -0.2) is 8.42 Å². The van der Waals surface area contributed by atoms with E-state index in [0.29, 0.717) is 6.54 Å². The molecule has 0 radical (unpaired) electrons. The molecule has 1 unspecified atom stereocenters. The van der Waals surface area contributed by atoms with Gasteiger partial charge in [0, 0.05) is 12.6 Å². The lowest BCUT2D eigenvalue weighted by Gasteiger charge is -2.26. The SMILES string of the molecule is O=S(=O)(CCl)N1CCCCCC1CO. The summed E-state index contributed by atoms with van der Waals surface area (Å²) in [4.78, 5) is 0. The summed E-state index contributed by atoms with van der Waals surface area (Å²) in [6.45, 7) is 0.371. The largest absolute Gasteiger partial charge is 0.395 e. The molecule has 0 aliphatic carbocycles. The summed E-state index contributed by atoms with van der Waals surface area (Å²) >= 11 is 5.39. The summed E-state index contributed by atoms with van der Waals surface area (Å²) in [7, 11) is -3.37. The van der Waals surface area contributed by atoms with Crippen molar-refractivity contribution in [3.8, 4) is 0 Å². The van der Waals surface area contributed by atoms with Crippen LogP contribution >= 0.6 is 11.6 Å². The number of aliphatic hydroxyl groups excluding tert-OH is 1. The third-order valence-electron chi connectivity index (χ3n) is 2.53. The zero-order valence-electron chi connectivity index (χ0n) is 8.02. The van der Waals surface area contributed by atoms with E-state index in [9.17, 15) is 8.42 Å². The molecule has 6 heteroatoms. The fourth-order valence-electron chi connectivity index (χ4n) is 1.76. The Morgan fingerprint density at radius 3 is 2.64 bits per heavy atom. The van der Waals surface area contributed by atoms with Crippen molar-refractivity contribution in [2.75, 3.05) is 18.4 Å². The van der Waals surface area contributed by atoms with Crippen molar-refractivity contribution < 1.29 is 13.5 Å². The number of alkyl halides is 1. The first-order valence-electron chi connectivity index (χ1n) is 4.78. The van der Waals surface area contributed by atoms with E-state index in [1.54, 1.807) is 0 Å². The third kappa shape index (κ3) is 2.82. The molecule has 1 atom stereocenters. The lowest BCUT2D eigenvalue weighted by Crippen LogP contribution is -2.42. The van der Waals surface area contributed by atoms with Crippen LogP contribution in [0.2, 0.25) is 0 Å². The van der Waals surface area contributed by atoms with Crippen LogP contribution in [0.5, 0.6) is 0 Å². The molecule has 0 aromatic heterocycles. The van der Waals surface area contributed by atoms with Crippen molar-refractivity contribution in [3.05, 3.63) is 0 Å². The molecule has 84 valence electrons. The van der Waals surface area contributed by atoms with Gasteiger partial charge in [-0.05, 0) is 12.8 Å². The molecule has 1 aliphatic heterocycles. The van der Waals surface area contributed by atoms with E-state index in [1.165, 1.54) is 4.31 Å². The lowest BCUT2D eigenvalue weighted by atomic mass is 10.1. The Hall–Kier alpha value is 0.160. The predicted octanol–water partition coefficient (Wildman–Crippen LogP) is 0.749. The Morgan fingerprint density at radius 1 is 1.36 bits per heavy atom. The predicted molar refractivity (Wildman–Crippen MR) is 55.7 cm³/mol. The molecule has 1 fully saturated rings. The van der Waals surface area contributed by atoms with Crippen molar-refractivity contribution in [2.24, 2.45) is 0 Å². The molecule has 0 aromatic carbocycles. The van der Waals surface area contributed by atoms with Gasteiger partial charge in [0.25, 0.3) is 0 Å². The molecule has 0 spiro atoms. The number of hydrogen-bond acceptors (Lipinski definition) is 3. The molecule has 0 saturated carbocycles. The molecule has 0 aromatic rings. The fraction of sp³-hybridized carbons (Fsp3) is 1.00. The van der Waals surface area contributed by atoms with Crippen molar-refractivity contribution in [1.82, 2.24) is 4.31 Å². The van der Waals surface area contributed by atoms with Crippen LogP contribution in [0.3, 0.4) is 0 Å². The van der Waals surface area contributed by atoms with Gasteiger partial charge < -0.3 is 5.11 Å². The van der Waals surface area contributed by atoms with Gasteiger partial charge in [0.05, 0.1) is 6.61 Å². The van der Waals surface area contributed by atoms with Gasteiger partial charge >= 0.3 is 0 Å². The highest BCUT2D eigenvalue weighted by atomic mass is 35.5. The van der Waals surface area contributed by atoms with Gasteiger partial charge in [-0.1, -0.05) is 12.8 Å². The van der Waals surface area contributed by atoms with E-state index in [2.05, 4.69) is 0 Å². The van der Waals surface area contributed by atoms with E-state index in [-0.39, 0.29) is 12.6 Å². The van der Waals surface area contributed by atoms with Crippen LogP contribution in [0.25, 0.3) is 0 Å². The standard InChI is InChI=1S/C8H16ClNO3S/c9-7-14(12,13)10-5-3-1-2-4-8(10)6-11/h8,11H,1-7H2. The Labute approximate surface area is 89.9 Å². The minimum Gasteiger partial charge on any atom is -0.395 e. The fourth-order valence-corrected chi connectivity index (χ4v) is 3.30. The number of aliphatic hydroxyl groups is 1. The molecule has 4 nitrogen and oxygen atoms in total. The van der Waals surface area contributed by atoms with Crippen LogP contribution < -0.4 is 0 Å². The highest BCUT2D eigenvalue weighted by molar-refractivity contribution is 7.90. The Bertz CT molecular complexity index is 268. The Morgan fingerprint density at radius 2 is 2.07 bits per heavy atom. The monoisotopic (exact) mass is 241 g/mol. The van der Waals surface area contributed by atoms with Gasteiger partial charge in [-0.2, -0.15) is 4.31 Å². The number of rotatable bonds is 3. The number of halogens is 1. The van der Waals surface area contributed by atoms with Crippen LogP contribution in [0.4, 0.5) is 0 Å². The second-order valence-electron chi connectivity index (χ2n) is 3.52. The van der Waals surface area contributed by atoms with Crippen molar-refractivity contribution in [2.45, 2.75) is 31.7 Å². The zero-order chi connectivity index (χ0) is 10.6. The quantitative estimate of drug-likeness (QED) is 0.742. The van der Waals surface area contributed by atoms with Crippen molar-refractivity contribution in [1.29, 1.82) is 0 Å². The second-order valence-corrected chi connectivity index (χ2v) is 6.02. The number of hydrogen-bond donors (Lipinski definition) is 1. The van der Waals surface area contributed by atoms with Gasteiger partial charge in [-0.3, -0.25) is 0 Å². The van der Waals surface area contributed by atoms with E-state index >= 15 is 0 Å². The van der Waals surface area contributed by atoms with Crippen molar-refractivity contribution >= 4 is 21.6 Å². The Kier molecular flexibility index (Phi) is 4.63. The van der Waals surface area contributed by atoms with Gasteiger partial charge in [0.1, 0.15) is 5.21 Å². The van der Waals surface area contributed by atoms with Crippen molar-refractivity contribution in [3.63, 3.8) is 0 Å². The summed E-state index contributed by atoms with van der Waals surface area (Å²) in [6, 6.07) is -0.277. The van der Waals surface area contributed by atoms with E-state index in [4.69, 9.17) is 16.7 Å². The first-order valence-corrected chi connectivity index (χ1v) is 6.92. The average Bonchev–Trinajstić information content (AvgIpc) is 2.42. The first-order chi connectivity index (χ1) is 6.61. The van der Waals surface area contributed by atoms with E-state index in [0.717, 1.165) is 25.7 Å². The summed E-state index contributed by atoms with van der Waals surface area (Å²) in [5.74, 6) is 0. The molecular weight excluding hydrogens is 226 g/mol. The maximum absolute atomic E-state index is 11.6. The molecule has 1 aliphatic rings. The smallest absolute Gasteiger partial charge is 0.228 e. The number of nitrogens with zero attached hydrogens (tertiary/aromatic N) is 1. The van der Waals surface area contributed by atoms with Crippen LogP contribution in [0.15, 0.2) is 0 Å². The van der Waals surface area contributed by atoms with Crippen LogP contribution in [0.1, 0.15) is 25.7 Å². The van der Waals surface area contributed by atoms with Gasteiger partial charge in [-0.15, -0.1) is 11.6 Å². The highest BCUT2D eigenvalue weighted by Gasteiger charge is 2.29. The topological polar surface area (TPSA) is 57.6 Å². The van der Waals surface area contributed by atoms with Gasteiger partial charge in [0.2, 0.25) is 10.0 Å². The molecule has 1 N–H and O–H groups in total. The molecule has 1 rings (SSSR count). The summed E-state index contributed by atoms with van der Waals surface area (Å²) < 4.78 is 24.5. The lowest BCUT2D eigenvalue weighted by molar-refractivity contribution is 0.187. The van der Waals surface area contributed by atoms with Crippen LogP contribution in [-0.2, 0) is 10.0 Å². The van der Waals surface area contributed by atoms with Crippen LogP contribution in [-0.4, -0.2) is 42.2 Å². The average molecular weight is 242 g/mol. The maximum Gasteiger partial charge on any atom is 0.228 e. The Balaban J connectivity index is 2.80. The van der Waals surface area contributed by atoms with E-state index < -0.39 is 15.2 Å². The molecule has 0 amide bonds. The molecular formula is C8H16ClNO3S. The zero-order valence-corrected chi connectivity index (χ0v) is 9.60. The molecule has 0 bridgehead atoms. The molecule has 1 saturated heterocycles. The minimum atomic E-state index is -3.37. The van der Waals surface area contributed by atoms with Gasteiger partial charge in [0.15, 0.2) is 0 Å². The van der Waals surface area contributed by atoms with E-state index in [1.807, 2.05) is 0 Å².